The predicted molar refractivity (Wildman–Crippen MR) is 115 cm³/mol. The molecule has 3 heteroatoms. The summed E-state index contributed by atoms with van der Waals surface area (Å²) < 4.78 is 28.0. The topological polar surface area (TPSA) is 23.8 Å². The van der Waals surface area contributed by atoms with Gasteiger partial charge in [0.05, 0.1) is 0 Å². The lowest BCUT2D eigenvalue weighted by atomic mass is 9.66. The van der Waals surface area contributed by atoms with E-state index in [9.17, 15) is 8.78 Å². The second-order valence-electron chi connectivity index (χ2n) is 9.71. The first-order chi connectivity index (χ1) is 14.0. The Balaban J connectivity index is 1.48. The van der Waals surface area contributed by atoms with Gasteiger partial charge in [-0.15, -0.1) is 0 Å². The highest BCUT2D eigenvalue weighted by Crippen LogP contribution is 2.45. The normalized spacial score (nSPS) is 28.7. The zero-order valence-electron chi connectivity index (χ0n) is 18.2. The van der Waals surface area contributed by atoms with Gasteiger partial charge in [0.25, 0.3) is 0 Å². The van der Waals surface area contributed by atoms with Gasteiger partial charge >= 0.3 is 0 Å². The first-order valence-electron chi connectivity index (χ1n) is 11.9. The highest BCUT2D eigenvalue weighted by atomic mass is 19.1. The molecule has 1 aromatic rings. The Bertz CT molecular complexity index is 668. The van der Waals surface area contributed by atoms with Crippen LogP contribution in [-0.2, 0) is 0 Å². The molecule has 1 atom stereocenters. The van der Waals surface area contributed by atoms with Crippen LogP contribution in [-0.4, -0.2) is 0 Å². The molecule has 29 heavy (non-hydrogen) atoms. The third-order valence-corrected chi connectivity index (χ3v) is 8.00. The number of rotatable bonds is 7. The lowest BCUT2D eigenvalue weighted by Crippen LogP contribution is -2.27. The molecule has 1 aromatic carbocycles. The largest absolute Gasteiger partial charge is 0.205 e. The van der Waals surface area contributed by atoms with Crippen molar-refractivity contribution in [2.45, 2.75) is 96.8 Å². The van der Waals surface area contributed by atoms with E-state index in [1.807, 2.05) is 0 Å². The zero-order chi connectivity index (χ0) is 20.8. The van der Waals surface area contributed by atoms with Crippen molar-refractivity contribution in [1.29, 1.82) is 5.26 Å². The molecule has 2 saturated carbocycles. The SMILES string of the molecule is CCCCC[C@H]1CC[C@H](C2CCC(C(C)c3cc(F)c(C#N)c(F)c3)CC2)CC1. The Kier molecular flexibility index (Phi) is 8.10. The summed E-state index contributed by atoms with van der Waals surface area (Å²) in [6.45, 7) is 4.37. The molecule has 1 unspecified atom stereocenters. The molecule has 0 amide bonds. The molecule has 0 bridgehead atoms. The van der Waals surface area contributed by atoms with Gasteiger partial charge in [-0.3, -0.25) is 0 Å². The van der Waals surface area contributed by atoms with Crippen molar-refractivity contribution in [2.75, 3.05) is 0 Å². The van der Waals surface area contributed by atoms with E-state index in [2.05, 4.69) is 13.8 Å². The minimum atomic E-state index is -0.723. The van der Waals surface area contributed by atoms with E-state index < -0.39 is 17.2 Å². The van der Waals surface area contributed by atoms with E-state index >= 15 is 0 Å². The van der Waals surface area contributed by atoms with Gasteiger partial charge in [0.1, 0.15) is 23.3 Å². The Morgan fingerprint density at radius 1 is 0.931 bits per heavy atom. The van der Waals surface area contributed by atoms with Crippen molar-refractivity contribution < 1.29 is 8.78 Å². The first kappa shape index (κ1) is 22.3. The number of nitrogens with zero attached hydrogens (tertiary/aromatic N) is 1. The maximum Gasteiger partial charge on any atom is 0.144 e. The molecule has 0 aliphatic heterocycles. The van der Waals surface area contributed by atoms with Crippen LogP contribution >= 0.6 is 0 Å². The lowest BCUT2D eigenvalue weighted by molar-refractivity contribution is 0.136. The third-order valence-electron chi connectivity index (χ3n) is 8.00. The molecule has 0 N–H and O–H groups in total. The second kappa shape index (κ2) is 10.6. The molecule has 0 spiro atoms. The summed E-state index contributed by atoms with van der Waals surface area (Å²) in [5.41, 5.74) is 0.241. The van der Waals surface area contributed by atoms with Crippen molar-refractivity contribution in [3.63, 3.8) is 0 Å². The van der Waals surface area contributed by atoms with Gasteiger partial charge in [0.15, 0.2) is 0 Å². The molecule has 0 aromatic heterocycles. The molecule has 0 heterocycles. The number of nitriles is 1. The summed E-state index contributed by atoms with van der Waals surface area (Å²) in [6, 6.07) is 4.36. The van der Waals surface area contributed by atoms with Gasteiger partial charge in [-0.1, -0.05) is 52.4 Å². The average Bonchev–Trinajstić information content (AvgIpc) is 2.74. The number of hydrogen-bond acceptors (Lipinski definition) is 1. The van der Waals surface area contributed by atoms with Crippen molar-refractivity contribution >= 4 is 0 Å². The fraction of sp³-hybridized carbons (Fsp3) is 0.731. The number of hydrogen-bond donors (Lipinski definition) is 0. The summed E-state index contributed by atoms with van der Waals surface area (Å²) in [7, 11) is 0. The van der Waals surface area contributed by atoms with Crippen molar-refractivity contribution in [1.82, 2.24) is 0 Å². The number of unbranched alkanes of at least 4 members (excludes halogenated alkanes) is 2. The first-order valence-corrected chi connectivity index (χ1v) is 11.9. The molecule has 0 radical (unpaired) electrons. The zero-order valence-corrected chi connectivity index (χ0v) is 18.2. The molecule has 2 aliphatic rings. The summed E-state index contributed by atoms with van der Waals surface area (Å²) in [6.07, 6.45) is 16.1. The Morgan fingerprint density at radius 2 is 1.48 bits per heavy atom. The quantitative estimate of drug-likeness (QED) is 0.423. The van der Waals surface area contributed by atoms with Crippen molar-refractivity contribution in [2.24, 2.45) is 23.7 Å². The summed E-state index contributed by atoms with van der Waals surface area (Å²) in [5, 5.41) is 8.87. The molecule has 2 fully saturated rings. The van der Waals surface area contributed by atoms with Crippen LogP contribution in [0.1, 0.15) is 108 Å². The second-order valence-corrected chi connectivity index (χ2v) is 9.71. The van der Waals surface area contributed by atoms with E-state index in [1.165, 1.54) is 76.3 Å². The molecular weight excluding hydrogens is 364 g/mol. The number of halogens is 2. The van der Waals surface area contributed by atoms with Crippen LogP contribution in [0.2, 0.25) is 0 Å². The van der Waals surface area contributed by atoms with Crippen molar-refractivity contribution in [3.05, 3.63) is 34.9 Å². The van der Waals surface area contributed by atoms with Gasteiger partial charge in [-0.05, 0) is 85.8 Å². The van der Waals surface area contributed by atoms with Gasteiger partial charge < -0.3 is 0 Å². The van der Waals surface area contributed by atoms with Gasteiger partial charge in [0, 0.05) is 0 Å². The van der Waals surface area contributed by atoms with Crippen LogP contribution in [0.15, 0.2) is 12.1 Å². The van der Waals surface area contributed by atoms with Crippen molar-refractivity contribution in [3.8, 4) is 6.07 Å². The molecule has 0 saturated heterocycles. The van der Waals surface area contributed by atoms with Gasteiger partial charge in [0.2, 0.25) is 0 Å². The summed E-state index contributed by atoms with van der Waals surface area (Å²) in [5.74, 6) is 1.90. The van der Waals surface area contributed by atoms with Crippen LogP contribution in [0.3, 0.4) is 0 Å². The fourth-order valence-corrected chi connectivity index (χ4v) is 5.98. The van der Waals surface area contributed by atoms with E-state index in [0.717, 1.165) is 30.6 Å². The Labute approximate surface area is 175 Å². The highest BCUT2D eigenvalue weighted by Gasteiger charge is 2.33. The summed E-state index contributed by atoms with van der Waals surface area (Å²) >= 11 is 0. The Hall–Kier alpha value is -1.43. The van der Waals surface area contributed by atoms with E-state index in [4.69, 9.17) is 5.26 Å². The molecular formula is C26H37F2N. The minimum Gasteiger partial charge on any atom is -0.205 e. The lowest BCUT2D eigenvalue weighted by Gasteiger charge is -2.39. The van der Waals surface area contributed by atoms with Gasteiger partial charge in [-0.2, -0.15) is 5.26 Å². The van der Waals surface area contributed by atoms with E-state index in [0.29, 0.717) is 11.5 Å². The number of benzene rings is 1. The smallest absolute Gasteiger partial charge is 0.144 e. The standard InChI is InChI=1S/C26H37F2N/c1-3-4-5-6-19-7-9-21(10-8-19)22-13-11-20(12-14-22)18(2)23-15-25(27)24(17-29)26(28)16-23/h15-16,18-22H,3-14H2,1-2H3/t18?,19-,20?,21-,22?. The third kappa shape index (κ3) is 5.59. The average molecular weight is 402 g/mol. The van der Waals surface area contributed by atoms with Crippen LogP contribution < -0.4 is 0 Å². The molecule has 160 valence electrons. The van der Waals surface area contributed by atoms with Crippen LogP contribution in [0.25, 0.3) is 0 Å². The van der Waals surface area contributed by atoms with E-state index in [-0.39, 0.29) is 5.92 Å². The van der Waals surface area contributed by atoms with E-state index in [1.54, 1.807) is 6.07 Å². The maximum atomic E-state index is 14.0. The predicted octanol–water partition coefficient (Wildman–Crippen LogP) is 8.13. The maximum absolute atomic E-state index is 14.0. The summed E-state index contributed by atoms with van der Waals surface area (Å²) in [4.78, 5) is 0. The van der Waals surface area contributed by atoms with Crippen LogP contribution in [0.4, 0.5) is 8.78 Å². The van der Waals surface area contributed by atoms with Crippen LogP contribution in [0.5, 0.6) is 0 Å². The highest BCUT2D eigenvalue weighted by molar-refractivity contribution is 5.36. The van der Waals surface area contributed by atoms with Gasteiger partial charge in [-0.25, -0.2) is 8.78 Å². The Morgan fingerprint density at radius 3 is 2.00 bits per heavy atom. The van der Waals surface area contributed by atoms with Crippen LogP contribution in [0, 0.1) is 46.6 Å². The molecule has 3 rings (SSSR count). The molecule has 1 nitrogen and oxygen atoms in total. The molecule has 2 aliphatic carbocycles. The fourth-order valence-electron chi connectivity index (χ4n) is 5.98. The minimum absolute atomic E-state index is 0.141. The monoisotopic (exact) mass is 401 g/mol.